The van der Waals surface area contributed by atoms with Crippen LogP contribution in [0.1, 0.15) is 5.56 Å². The lowest BCUT2D eigenvalue weighted by atomic mass is 10.1. The molecule has 0 unspecified atom stereocenters. The summed E-state index contributed by atoms with van der Waals surface area (Å²) in [5.74, 6) is -0.757. The second-order valence-electron chi connectivity index (χ2n) is 2.56. The number of nitriles is 1. The number of benzene rings is 1. The van der Waals surface area contributed by atoms with E-state index in [2.05, 4.69) is 0 Å². The summed E-state index contributed by atoms with van der Waals surface area (Å²) in [6.45, 7) is 0. The van der Waals surface area contributed by atoms with Crippen LogP contribution in [-0.4, -0.2) is 5.91 Å². The van der Waals surface area contributed by atoms with Crippen molar-refractivity contribution in [2.75, 3.05) is 0 Å². The van der Waals surface area contributed by atoms with Crippen LogP contribution in [0.5, 0.6) is 0 Å². The van der Waals surface area contributed by atoms with Crippen LogP contribution in [0, 0.1) is 11.3 Å². The number of primary amides is 1. The van der Waals surface area contributed by atoms with Gasteiger partial charge in [0.05, 0.1) is 0 Å². The maximum absolute atomic E-state index is 10.7. The molecule has 1 aromatic rings. The number of nitrogens with zero attached hydrogens (tertiary/aromatic N) is 1. The van der Waals surface area contributed by atoms with Crippen LogP contribution in [0.4, 0.5) is 0 Å². The van der Waals surface area contributed by atoms with Crippen molar-refractivity contribution in [2.45, 2.75) is 0 Å². The first kappa shape index (κ1) is 10.3. The van der Waals surface area contributed by atoms with Gasteiger partial charge in [-0.15, -0.1) is 0 Å². The Morgan fingerprint density at radius 3 is 2.64 bits per heavy atom. The molecule has 14 heavy (non-hydrogen) atoms. The fourth-order valence-corrected chi connectivity index (χ4v) is 1.10. The quantitative estimate of drug-likeness (QED) is 0.592. The minimum absolute atomic E-state index is 0.113. The average Bonchev–Trinajstić information content (AvgIpc) is 2.16. The molecule has 0 aliphatic carbocycles. The number of carbonyl (C=O) groups is 1. The zero-order valence-electron chi connectivity index (χ0n) is 7.20. The molecule has 0 bridgehead atoms. The Balaban J connectivity index is 3.15. The smallest absolute Gasteiger partial charge is 0.259 e. The molecule has 1 aromatic carbocycles. The summed E-state index contributed by atoms with van der Waals surface area (Å²) in [6, 6.07) is 8.59. The molecule has 0 atom stereocenters. The highest BCUT2D eigenvalue weighted by molar-refractivity contribution is 6.32. The van der Waals surface area contributed by atoms with Crippen molar-refractivity contribution in [3.05, 3.63) is 40.4 Å². The van der Waals surface area contributed by atoms with E-state index in [1.165, 1.54) is 6.08 Å². The molecular formula is C10H7ClN2O. The Bertz CT molecular complexity index is 432. The van der Waals surface area contributed by atoms with Gasteiger partial charge in [0.1, 0.15) is 11.6 Å². The first-order chi connectivity index (χ1) is 6.65. The molecule has 2 N–H and O–H groups in total. The molecule has 0 spiro atoms. The van der Waals surface area contributed by atoms with Gasteiger partial charge in [-0.05, 0) is 17.7 Å². The Labute approximate surface area is 86.4 Å². The lowest BCUT2D eigenvalue weighted by Gasteiger charge is -1.97. The monoisotopic (exact) mass is 206 g/mol. The molecular weight excluding hydrogens is 200 g/mol. The minimum atomic E-state index is -0.757. The zero-order chi connectivity index (χ0) is 10.6. The molecule has 0 saturated carbocycles. The highest BCUT2D eigenvalue weighted by Gasteiger charge is 2.04. The van der Waals surface area contributed by atoms with Crippen LogP contribution in [0.2, 0.25) is 5.02 Å². The van der Waals surface area contributed by atoms with Gasteiger partial charge >= 0.3 is 0 Å². The Morgan fingerprint density at radius 1 is 1.50 bits per heavy atom. The van der Waals surface area contributed by atoms with E-state index in [1.54, 1.807) is 30.3 Å². The van der Waals surface area contributed by atoms with E-state index in [0.717, 1.165) is 0 Å². The van der Waals surface area contributed by atoms with Crippen LogP contribution in [0.15, 0.2) is 29.8 Å². The summed E-state index contributed by atoms with van der Waals surface area (Å²) in [7, 11) is 0. The van der Waals surface area contributed by atoms with E-state index < -0.39 is 5.91 Å². The predicted molar refractivity (Wildman–Crippen MR) is 54.2 cm³/mol. The highest BCUT2D eigenvalue weighted by Crippen LogP contribution is 2.17. The third kappa shape index (κ3) is 2.35. The summed E-state index contributed by atoms with van der Waals surface area (Å²) in [5, 5.41) is 9.06. The highest BCUT2D eigenvalue weighted by atomic mass is 35.5. The molecule has 4 heteroatoms. The third-order valence-electron chi connectivity index (χ3n) is 1.59. The van der Waals surface area contributed by atoms with Crippen LogP contribution in [0.3, 0.4) is 0 Å². The van der Waals surface area contributed by atoms with Crippen molar-refractivity contribution in [2.24, 2.45) is 5.73 Å². The average molecular weight is 207 g/mol. The zero-order valence-corrected chi connectivity index (χ0v) is 7.95. The van der Waals surface area contributed by atoms with Crippen LogP contribution in [0.25, 0.3) is 6.08 Å². The van der Waals surface area contributed by atoms with Crippen molar-refractivity contribution in [3.8, 4) is 6.07 Å². The van der Waals surface area contributed by atoms with Crippen LogP contribution in [-0.2, 0) is 4.79 Å². The summed E-state index contributed by atoms with van der Waals surface area (Å²) in [6.07, 6.45) is 1.37. The minimum Gasteiger partial charge on any atom is -0.365 e. The Morgan fingerprint density at radius 2 is 2.14 bits per heavy atom. The SMILES string of the molecule is N#C/C(=C/c1ccccc1Cl)C(N)=O. The van der Waals surface area contributed by atoms with Crippen LogP contribution < -0.4 is 5.73 Å². The molecule has 0 aliphatic rings. The van der Waals surface area contributed by atoms with E-state index >= 15 is 0 Å². The van der Waals surface area contributed by atoms with E-state index in [0.29, 0.717) is 10.6 Å². The predicted octanol–water partition coefficient (Wildman–Crippen LogP) is 1.73. The molecule has 0 saturated heterocycles. The van der Waals surface area contributed by atoms with E-state index in [-0.39, 0.29) is 5.57 Å². The van der Waals surface area contributed by atoms with Crippen molar-refractivity contribution in [1.82, 2.24) is 0 Å². The fraction of sp³-hybridized carbons (Fsp3) is 0. The fourth-order valence-electron chi connectivity index (χ4n) is 0.906. The van der Waals surface area contributed by atoms with Gasteiger partial charge in [-0.25, -0.2) is 0 Å². The van der Waals surface area contributed by atoms with Gasteiger partial charge in [0, 0.05) is 5.02 Å². The largest absolute Gasteiger partial charge is 0.365 e. The van der Waals surface area contributed by atoms with Gasteiger partial charge in [0.15, 0.2) is 0 Å². The summed E-state index contributed by atoms with van der Waals surface area (Å²) in [4.78, 5) is 10.7. The normalized spacial score (nSPS) is 10.7. The van der Waals surface area contributed by atoms with Crippen molar-refractivity contribution >= 4 is 23.6 Å². The molecule has 0 aromatic heterocycles. The Hall–Kier alpha value is -1.79. The maximum atomic E-state index is 10.7. The molecule has 0 heterocycles. The van der Waals surface area contributed by atoms with Crippen molar-refractivity contribution in [1.29, 1.82) is 5.26 Å². The number of hydrogen-bond donors (Lipinski definition) is 1. The molecule has 1 rings (SSSR count). The van der Waals surface area contributed by atoms with Gasteiger partial charge in [-0.3, -0.25) is 4.79 Å². The number of amides is 1. The Kier molecular flexibility index (Phi) is 3.27. The van der Waals surface area contributed by atoms with E-state index in [9.17, 15) is 4.79 Å². The molecule has 0 fully saturated rings. The number of hydrogen-bond acceptors (Lipinski definition) is 2. The number of nitrogens with two attached hydrogens (primary N) is 1. The lowest BCUT2D eigenvalue weighted by Crippen LogP contribution is -2.12. The van der Waals surface area contributed by atoms with Gasteiger partial charge in [0.25, 0.3) is 5.91 Å². The summed E-state index contributed by atoms with van der Waals surface area (Å²) in [5.41, 5.74) is 5.46. The standard InChI is InChI=1S/C10H7ClN2O/c11-9-4-2-1-3-7(9)5-8(6-12)10(13)14/h1-5H,(H2,13,14)/b8-5-. The first-order valence-electron chi connectivity index (χ1n) is 3.81. The van der Waals surface area contributed by atoms with Crippen LogP contribution >= 0.6 is 11.6 Å². The molecule has 1 amide bonds. The van der Waals surface area contributed by atoms with Crippen molar-refractivity contribution < 1.29 is 4.79 Å². The lowest BCUT2D eigenvalue weighted by molar-refractivity contribution is -0.114. The third-order valence-corrected chi connectivity index (χ3v) is 1.94. The van der Waals surface area contributed by atoms with E-state index in [4.69, 9.17) is 22.6 Å². The number of halogens is 1. The first-order valence-corrected chi connectivity index (χ1v) is 4.19. The summed E-state index contributed by atoms with van der Waals surface area (Å²) < 4.78 is 0. The van der Waals surface area contributed by atoms with E-state index in [1.807, 2.05) is 0 Å². The number of rotatable bonds is 2. The van der Waals surface area contributed by atoms with Gasteiger partial charge < -0.3 is 5.73 Å². The number of carbonyl (C=O) groups excluding carboxylic acids is 1. The van der Waals surface area contributed by atoms with Crippen molar-refractivity contribution in [3.63, 3.8) is 0 Å². The molecule has 0 aliphatic heterocycles. The second kappa shape index (κ2) is 4.45. The van der Waals surface area contributed by atoms with Gasteiger partial charge in [-0.2, -0.15) is 5.26 Å². The molecule has 3 nitrogen and oxygen atoms in total. The summed E-state index contributed by atoms with van der Waals surface area (Å²) >= 11 is 5.82. The topological polar surface area (TPSA) is 66.9 Å². The molecule has 70 valence electrons. The van der Waals surface area contributed by atoms with Gasteiger partial charge in [0.2, 0.25) is 0 Å². The van der Waals surface area contributed by atoms with Gasteiger partial charge in [-0.1, -0.05) is 29.8 Å². The second-order valence-corrected chi connectivity index (χ2v) is 2.96. The maximum Gasteiger partial charge on any atom is 0.259 e. The molecule has 0 radical (unpaired) electrons.